The lowest BCUT2D eigenvalue weighted by atomic mass is 10.1. The Bertz CT molecular complexity index is 448. The summed E-state index contributed by atoms with van der Waals surface area (Å²) < 4.78 is 0. The van der Waals surface area contributed by atoms with Gasteiger partial charge in [0.15, 0.2) is 0 Å². The van der Waals surface area contributed by atoms with Crippen LogP contribution in [0, 0.1) is 11.3 Å². The number of anilines is 1. The summed E-state index contributed by atoms with van der Waals surface area (Å²) in [4.78, 5) is 4.59. The second kappa shape index (κ2) is 6.36. The summed E-state index contributed by atoms with van der Waals surface area (Å²) in [5.41, 5.74) is 3.10. The molecule has 1 aliphatic rings. The molecular formula is C14H20N4. The van der Waals surface area contributed by atoms with Gasteiger partial charge < -0.3 is 10.6 Å². The third-order valence-corrected chi connectivity index (χ3v) is 3.24. The van der Waals surface area contributed by atoms with Crippen LogP contribution in [0.3, 0.4) is 0 Å². The molecule has 4 heteroatoms. The highest BCUT2D eigenvalue weighted by Crippen LogP contribution is 2.24. The van der Waals surface area contributed by atoms with E-state index in [1.807, 2.05) is 6.07 Å². The van der Waals surface area contributed by atoms with Crippen LogP contribution in [0.4, 0.5) is 5.82 Å². The zero-order chi connectivity index (χ0) is 12.8. The fourth-order valence-electron chi connectivity index (χ4n) is 2.29. The highest BCUT2D eigenvalue weighted by molar-refractivity contribution is 5.55. The summed E-state index contributed by atoms with van der Waals surface area (Å²) >= 11 is 0. The molecule has 0 fully saturated rings. The predicted molar refractivity (Wildman–Crippen MR) is 72.6 cm³/mol. The number of rotatable bonds is 6. The number of nitrogens with one attached hydrogen (secondary N) is 2. The SMILES string of the molecule is CCNCCCNc1nc2c(cc1C#N)CCC2. The highest BCUT2D eigenvalue weighted by Gasteiger charge is 2.15. The summed E-state index contributed by atoms with van der Waals surface area (Å²) in [7, 11) is 0. The van der Waals surface area contributed by atoms with E-state index in [9.17, 15) is 0 Å². The Morgan fingerprint density at radius 1 is 1.39 bits per heavy atom. The zero-order valence-corrected chi connectivity index (χ0v) is 10.9. The number of hydrogen-bond acceptors (Lipinski definition) is 4. The average Bonchev–Trinajstić information content (AvgIpc) is 2.84. The van der Waals surface area contributed by atoms with Crippen LogP contribution in [0.2, 0.25) is 0 Å². The van der Waals surface area contributed by atoms with Crippen LogP contribution in [0.25, 0.3) is 0 Å². The lowest BCUT2D eigenvalue weighted by molar-refractivity contribution is 0.688. The quantitative estimate of drug-likeness (QED) is 0.750. The molecule has 1 heterocycles. The second-order valence-electron chi connectivity index (χ2n) is 4.59. The van der Waals surface area contributed by atoms with Gasteiger partial charge in [0, 0.05) is 12.2 Å². The lowest BCUT2D eigenvalue weighted by Crippen LogP contribution is -2.17. The summed E-state index contributed by atoms with van der Waals surface area (Å²) in [6, 6.07) is 4.24. The molecule has 0 amide bonds. The molecule has 0 spiro atoms. The fourth-order valence-corrected chi connectivity index (χ4v) is 2.29. The van der Waals surface area contributed by atoms with Crippen molar-refractivity contribution in [3.05, 3.63) is 22.9 Å². The summed E-state index contributed by atoms with van der Waals surface area (Å²) in [5, 5.41) is 15.7. The first-order valence-electron chi connectivity index (χ1n) is 6.72. The van der Waals surface area contributed by atoms with Crippen LogP contribution in [0.5, 0.6) is 0 Å². The minimum absolute atomic E-state index is 0.680. The molecule has 0 saturated heterocycles. The molecule has 1 aromatic rings. The predicted octanol–water partition coefficient (Wildman–Crippen LogP) is 1.85. The average molecular weight is 244 g/mol. The molecule has 4 nitrogen and oxygen atoms in total. The van der Waals surface area contributed by atoms with Gasteiger partial charge in [0.05, 0.1) is 5.56 Å². The number of nitriles is 1. The van der Waals surface area contributed by atoms with Crippen LogP contribution in [-0.4, -0.2) is 24.6 Å². The van der Waals surface area contributed by atoms with Crippen molar-refractivity contribution in [1.82, 2.24) is 10.3 Å². The third kappa shape index (κ3) is 2.99. The number of aromatic nitrogens is 1. The van der Waals surface area contributed by atoms with E-state index in [0.717, 1.165) is 51.1 Å². The first-order chi connectivity index (χ1) is 8.85. The molecule has 2 rings (SSSR count). The Balaban J connectivity index is 1.97. The number of aryl methyl sites for hydroxylation is 2. The van der Waals surface area contributed by atoms with Crippen molar-refractivity contribution in [1.29, 1.82) is 5.26 Å². The first kappa shape index (κ1) is 12.8. The van der Waals surface area contributed by atoms with Crippen molar-refractivity contribution < 1.29 is 0 Å². The van der Waals surface area contributed by atoms with Gasteiger partial charge in [-0.25, -0.2) is 4.98 Å². The van der Waals surface area contributed by atoms with Crippen molar-refractivity contribution >= 4 is 5.82 Å². The van der Waals surface area contributed by atoms with E-state index in [2.05, 4.69) is 28.6 Å². The molecule has 2 N–H and O–H groups in total. The van der Waals surface area contributed by atoms with E-state index in [0.29, 0.717) is 5.56 Å². The van der Waals surface area contributed by atoms with E-state index in [1.165, 1.54) is 11.3 Å². The topological polar surface area (TPSA) is 60.7 Å². The summed E-state index contributed by atoms with van der Waals surface area (Å²) in [5.74, 6) is 0.759. The Kier molecular flexibility index (Phi) is 4.54. The van der Waals surface area contributed by atoms with E-state index in [1.54, 1.807) is 0 Å². The van der Waals surface area contributed by atoms with Crippen molar-refractivity contribution in [2.24, 2.45) is 0 Å². The normalized spacial score (nSPS) is 13.1. The molecule has 96 valence electrons. The first-order valence-corrected chi connectivity index (χ1v) is 6.72. The van der Waals surface area contributed by atoms with Crippen LogP contribution < -0.4 is 10.6 Å². The fraction of sp³-hybridized carbons (Fsp3) is 0.571. The van der Waals surface area contributed by atoms with Gasteiger partial charge in [-0.1, -0.05) is 6.92 Å². The highest BCUT2D eigenvalue weighted by atomic mass is 15.0. The minimum atomic E-state index is 0.680. The smallest absolute Gasteiger partial charge is 0.144 e. The Labute approximate surface area is 108 Å². The molecule has 0 saturated carbocycles. The molecule has 1 aromatic heterocycles. The van der Waals surface area contributed by atoms with Gasteiger partial charge in [-0.15, -0.1) is 0 Å². The van der Waals surface area contributed by atoms with Crippen molar-refractivity contribution in [2.75, 3.05) is 25.0 Å². The van der Waals surface area contributed by atoms with Gasteiger partial charge in [-0.3, -0.25) is 0 Å². The van der Waals surface area contributed by atoms with Crippen LogP contribution in [0.1, 0.15) is 36.6 Å². The molecule has 0 aliphatic heterocycles. The number of pyridine rings is 1. The summed E-state index contributed by atoms with van der Waals surface area (Å²) in [6.45, 7) is 4.95. The van der Waals surface area contributed by atoms with E-state index in [4.69, 9.17) is 5.26 Å². The maximum atomic E-state index is 9.15. The number of nitrogens with zero attached hydrogens (tertiary/aromatic N) is 2. The Hall–Kier alpha value is -1.60. The van der Waals surface area contributed by atoms with Crippen LogP contribution >= 0.6 is 0 Å². The van der Waals surface area contributed by atoms with Gasteiger partial charge in [0.25, 0.3) is 0 Å². The third-order valence-electron chi connectivity index (χ3n) is 3.24. The second-order valence-corrected chi connectivity index (χ2v) is 4.59. The van der Waals surface area contributed by atoms with Gasteiger partial charge in [-0.05, 0) is 50.4 Å². The van der Waals surface area contributed by atoms with Crippen molar-refractivity contribution in [3.63, 3.8) is 0 Å². The number of hydrogen-bond donors (Lipinski definition) is 2. The van der Waals surface area contributed by atoms with E-state index in [-0.39, 0.29) is 0 Å². The standard InChI is InChI=1S/C14H20N4/c1-2-16-7-4-8-17-14-12(10-15)9-11-5-3-6-13(11)18-14/h9,16H,2-8H2,1H3,(H,17,18). The Morgan fingerprint density at radius 3 is 3.06 bits per heavy atom. The maximum absolute atomic E-state index is 9.15. The van der Waals surface area contributed by atoms with E-state index >= 15 is 0 Å². The molecule has 0 bridgehead atoms. The van der Waals surface area contributed by atoms with Crippen molar-refractivity contribution in [3.8, 4) is 6.07 Å². The maximum Gasteiger partial charge on any atom is 0.144 e. The molecule has 1 aliphatic carbocycles. The summed E-state index contributed by atoms with van der Waals surface area (Å²) in [6.07, 6.45) is 4.32. The lowest BCUT2D eigenvalue weighted by Gasteiger charge is -2.09. The molecule has 0 radical (unpaired) electrons. The monoisotopic (exact) mass is 244 g/mol. The van der Waals surface area contributed by atoms with Crippen LogP contribution in [-0.2, 0) is 12.8 Å². The van der Waals surface area contributed by atoms with Crippen molar-refractivity contribution in [2.45, 2.75) is 32.6 Å². The molecule has 0 atom stereocenters. The van der Waals surface area contributed by atoms with E-state index < -0.39 is 0 Å². The van der Waals surface area contributed by atoms with Crippen LogP contribution in [0.15, 0.2) is 6.07 Å². The van der Waals surface area contributed by atoms with Gasteiger partial charge in [0.2, 0.25) is 0 Å². The molecule has 0 aromatic carbocycles. The molecular weight excluding hydrogens is 224 g/mol. The van der Waals surface area contributed by atoms with Gasteiger partial charge in [0.1, 0.15) is 11.9 Å². The number of fused-ring (bicyclic) bond motifs is 1. The zero-order valence-electron chi connectivity index (χ0n) is 10.9. The Morgan fingerprint density at radius 2 is 2.28 bits per heavy atom. The minimum Gasteiger partial charge on any atom is -0.369 e. The van der Waals surface area contributed by atoms with Gasteiger partial charge in [-0.2, -0.15) is 5.26 Å². The largest absolute Gasteiger partial charge is 0.369 e. The molecule has 0 unspecified atom stereocenters. The van der Waals surface area contributed by atoms with Gasteiger partial charge >= 0.3 is 0 Å². The molecule has 18 heavy (non-hydrogen) atoms.